The Hall–Kier alpha value is -0.610. The van der Waals surface area contributed by atoms with E-state index in [9.17, 15) is 9.90 Å². The molecule has 0 aromatic carbocycles. The zero-order chi connectivity index (χ0) is 14.8. The van der Waals surface area contributed by atoms with Gasteiger partial charge >= 0.3 is 5.97 Å². The number of ether oxygens (including phenoxy) is 1. The van der Waals surface area contributed by atoms with Crippen molar-refractivity contribution in [2.24, 2.45) is 0 Å². The second-order valence-corrected chi connectivity index (χ2v) is 6.04. The summed E-state index contributed by atoms with van der Waals surface area (Å²) in [5.41, 5.74) is 0. The van der Waals surface area contributed by atoms with E-state index in [4.69, 9.17) is 9.84 Å². The maximum absolute atomic E-state index is 11.0. The van der Waals surface area contributed by atoms with E-state index < -0.39 is 6.10 Å². The molecule has 1 rings (SSSR count). The van der Waals surface area contributed by atoms with Crippen molar-refractivity contribution in [3.8, 4) is 0 Å². The molecule has 0 unspecified atom stereocenters. The maximum atomic E-state index is 11.0. The number of aliphatic hydroxyl groups is 2. The minimum Gasteiger partial charge on any atom is -0.460 e. The molecule has 0 aromatic rings. The van der Waals surface area contributed by atoms with Gasteiger partial charge in [-0.25, -0.2) is 0 Å². The summed E-state index contributed by atoms with van der Waals surface area (Å²) in [5.74, 6) is -0.175. The molecule has 4 heteroatoms. The topological polar surface area (TPSA) is 66.8 Å². The molecule has 118 valence electrons. The number of carbonyl (C=O) groups is 1. The number of aliphatic hydroxyl groups excluding tert-OH is 2. The summed E-state index contributed by atoms with van der Waals surface area (Å²) in [5, 5.41) is 19.0. The summed E-state index contributed by atoms with van der Waals surface area (Å²) < 4.78 is 5.06. The van der Waals surface area contributed by atoms with Gasteiger partial charge in [-0.3, -0.25) is 4.79 Å². The Balaban J connectivity index is 1.86. The highest BCUT2D eigenvalue weighted by atomic mass is 16.6. The number of esters is 1. The van der Waals surface area contributed by atoms with Gasteiger partial charge in [0.15, 0.2) is 0 Å². The molecule has 2 N–H and O–H groups in total. The molecule has 1 heterocycles. The highest BCUT2D eigenvalue weighted by Gasteiger charge is 2.29. The van der Waals surface area contributed by atoms with Crippen molar-refractivity contribution in [2.45, 2.75) is 95.9 Å². The Bertz CT molecular complexity index is 265. The third-order valence-electron chi connectivity index (χ3n) is 3.97. The predicted octanol–water partition coefficient (Wildman–Crippen LogP) is 2.94. The van der Waals surface area contributed by atoms with E-state index in [1.165, 1.54) is 25.7 Å². The number of rotatable bonds is 11. The highest BCUT2D eigenvalue weighted by molar-refractivity contribution is 5.71. The standard InChI is InChI=1S/C16H30O4/c1-13(17)9-7-5-3-2-4-6-8-10-14(18)15-11-12-16(19)20-15/h13-15,17-18H,2-12H2,1H3/t13-,14+,15-/m1/s1. The van der Waals surface area contributed by atoms with Crippen molar-refractivity contribution in [2.75, 3.05) is 0 Å². The van der Waals surface area contributed by atoms with Gasteiger partial charge in [0.2, 0.25) is 0 Å². The van der Waals surface area contributed by atoms with E-state index in [1.807, 2.05) is 6.92 Å². The maximum Gasteiger partial charge on any atom is 0.306 e. The molecule has 0 radical (unpaired) electrons. The van der Waals surface area contributed by atoms with Crippen LogP contribution >= 0.6 is 0 Å². The number of unbranched alkanes of at least 4 members (excludes halogenated alkanes) is 6. The molecule has 1 aliphatic heterocycles. The Kier molecular flexibility index (Phi) is 8.86. The molecular formula is C16H30O4. The molecule has 20 heavy (non-hydrogen) atoms. The van der Waals surface area contributed by atoms with Crippen molar-refractivity contribution < 1.29 is 19.7 Å². The summed E-state index contributed by atoms with van der Waals surface area (Å²) >= 11 is 0. The van der Waals surface area contributed by atoms with Gasteiger partial charge in [0, 0.05) is 6.42 Å². The van der Waals surface area contributed by atoms with Crippen molar-refractivity contribution >= 4 is 5.97 Å². The lowest BCUT2D eigenvalue weighted by Crippen LogP contribution is -2.25. The summed E-state index contributed by atoms with van der Waals surface area (Å²) in [4.78, 5) is 11.0. The zero-order valence-corrected chi connectivity index (χ0v) is 12.7. The van der Waals surface area contributed by atoms with Crippen LogP contribution in [0.3, 0.4) is 0 Å². The first-order chi connectivity index (χ1) is 9.59. The summed E-state index contributed by atoms with van der Waals surface area (Å²) in [6.45, 7) is 1.84. The molecule has 3 atom stereocenters. The molecule has 1 fully saturated rings. The molecule has 0 spiro atoms. The van der Waals surface area contributed by atoms with Gasteiger partial charge in [-0.05, 0) is 26.2 Å². The van der Waals surface area contributed by atoms with Crippen molar-refractivity contribution in [1.82, 2.24) is 0 Å². The molecule has 0 aliphatic carbocycles. The molecule has 4 nitrogen and oxygen atoms in total. The monoisotopic (exact) mass is 286 g/mol. The molecular weight excluding hydrogens is 256 g/mol. The highest BCUT2D eigenvalue weighted by Crippen LogP contribution is 2.20. The fourth-order valence-corrected chi connectivity index (χ4v) is 2.68. The lowest BCUT2D eigenvalue weighted by Gasteiger charge is -2.16. The minimum absolute atomic E-state index is 0.166. The molecule has 1 aliphatic rings. The van der Waals surface area contributed by atoms with Crippen LogP contribution in [-0.4, -0.2) is 34.5 Å². The second kappa shape index (κ2) is 10.2. The minimum atomic E-state index is -0.479. The van der Waals surface area contributed by atoms with Crippen LogP contribution in [0.1, 0.15) is 77.6 Å². The Labute approximate surface area is 122 Å². The predicted molar refractivity (Wildman–Crippen MR) is 78.4 cm³/mol. The molecule has 0 amide bonds. The molecule has 1 saturated heterocycles. The van der Waals surface area contributed by atoms with Crippen LogP contribution in [0.15, 0.2) is 0 Å². The number of carbonyl (C=O) groups excluding carboxylic acids is 1. The third kappa shape index (κ3) is 7.85. The Morgan fingerprint density at radius 2 is 1.60 bits per heavy atom. The normalized spacial score (nSPS) is 21.8. The average Bonchev–Trinajstić information content (AvgIpc) is 2.83. The van der Waals surface area contributed by atoms with E-state index in [0.717, 1.165) is 32.1 Å². The largest absolute Gasteiger partial charge is 0.460 e. The zero-order valence-electron chi connectivity index (χ0n) is 12.7. The first kappa shape index (κ1) is 17.4. The van der Waals surface area contributed by atoms with Crippen LogP contribution in [0.4, 0.5) is 0 Å². The van der Waals surface area contributed by atoms with E-state index in [-0.39, 0.29) is 18.2 Å². The molecule has 0 aromatic heterocycles. The van der Waals surface area contributed by atoms with Crippen LogP contribution < -0.4 is 0 Å². The van der Waals surface area contributed by atoms with Crippen molar-refractivity contribution in [3.05, 3.63) is 0 Å². The SMILES string of the molecule is C[C@@H](O)CCCCCCCCC[C@H](O)[C@H]1CCC(=O)O1. The fourth-order valence-electron chi connectivity index (χ4n) is 2.68. The van der Waals surface area contributed by atoms with E-state index in [2.05, 4.69) is 0 Å². The second-order valence-electron chi connectivity index (χ2n) is 6.04. The van der Waals surface area contributed by atoms with Gasteiger partial charge in [-0.1, -0.05) is 44.9 Å². The summed E-state index contributed by atoms with van der Waals surface area (Å²) in [6.07, 6.45) is 9.97. The Morgan fingerprint density at radius 3 is 2.10 bits per heavy atom. The smallest absolute Gasteiger partial charge is 0.306 e. The quantitative estimate of drug-likeness (QED) is 0.453. The van der Waals surface area contributed by atoms with Crippen LogP contribution in [0.2, 0.25) is 0 Å². The van der Waals surface area contributed by atoms with Gasteiger partial charge in [-0.15, -0.1) is 0 Å². The van der Waals surface area contributed by atoms with Crippen molar-refractivity contribution in [1.29, 1.82) is 0 Å². The van der Waals surface area contributed by atoms with E-state index in [1.54, 1.807) is 0 Å². The average molecular weight is 286 g/mol. The number of hydrogen-bond donors (Lipinski definition) is 2. The van der Waals surface area contributed by atoms with Gasteiger partial charge in [0.25, 0.3) is 0 Å². The lowest BCUT2D eigenvalue weighted by atomic mass is 10.0. The van der Waals surface area contributed by atoms with Crippen LogP contribution in [0, 0.1) is 0 Å². The lowest BCUT2D eigenvalue weighted by molar-refractivity contribution is -0.145. The number of hydrogen-bond acceptors (Lipinski definition) is 4. The van der Waals surface area contributed by atoms with Crippen molar-refractivity contribution in [3.63, 3.8) is 0 Å². The van der Waals surface area contributed by atoms with Crippen LogP contribution in [0.25, 0.3) is 0 Å². The van der Waals surface area contributed by atoms with Gasteiger partial charge in [-0.2, -0.15) is 0 Å². The van der Waals surface area contributed by atoms with E-state index >= 15 is 0 Å². The Morgan fingerprint density at radius 1 is 1.05 bits per heavy atom. The summed E-state index contributed by atoms with van der Waals surface area (Å²) in [7, 11) is 0. The van der Waals surface area contributed by atoms with Gasteiger partial charge in [0.05, 0.1) is 12.2 Å². The van der Waals surface area contributed by atoms with Crippen LogP contribution in [0.5, 0.6) is 0 Å². The van der Waals surface area contributed by atoms with Gasteiger partial charge < -0.3 is 14.9 Å². The third-order valence-corrected chi connectivity index (χ3v) is 3.97. The first-order valence-corrected chi connectivity index (χ1v) is 8.15. The van der Waals surface area contributed by atoms with Gasteiger partial charge in [0.1, 0.15) is 6.10 Å². The molecule has 0 bridgehead atoms. The first-order valence-electron chi connectivity index (χ1n) is 8.15. The molecule has 0 saturated carbocycles. The van der Waals surface area contributed by atoms with Crippen LogP contribution in [-0.2, 0) is 9.53 Å². The summed E-state index contributed by atoms with van der Waals surface area (Å²) in [6, 6.07) is 0. The number of cyclic esters (lactones) is 1. The fraction of sp³-hybridized carbons (Fsp3) is 0.938. The van der Waals surface area contributed by atoms with E-state index in [0.29, 0.717) is 12.8 Å².